The van der Waals surface area contributed by atoms with Crippen molar-refractivity contribution in [3.63, 3.8) is 0 Å². The zero-order chi connectivity index (χ0) is 21.4. The SMILES string of the molecule is C=CN=C/C(=C\C)c1cc2c(-c3nc4c(-c5ccsc5)nccc4[nH]3)n[nH]c2cc1F. The van der Waals surface area contributed by atoms with Gasteiger partial charge in [0.15, 0.2) is 5.82 Å². The molecule has 4 aromatic heterocycles. The van der Waals surface area contributed by atoms with Crippen LogP contribution in [0.25, 0.3) is 50.3 Å². The Balaban J connectivity index is 1.68. The number of H-pyrrole nitrogens is 2. The van der Waals surface area contributed by atoms with E-state index in [2.05, 4.69) is 31.7 Å². The van der Waals surface area contributed by atoms with Crippen molar-refractivity contribution in [2.24, 2.45) is 4.99 Å². The molecule has 5 rings (SSSR count). The number of fused-ring (bicyclic) bond motifs is 2. The Hall–Kier alpha value is -3.91. The number of hydrogen-bond donors (Lipinski definition) is 2. The maximum atomic E-state index is 14.8. The van der Waals surface area contributed by atoms with E-state index in [4.69, 9.17) is 4.98 Å². The van der Waals surface area contributed by atoms with Gasteiger partial charge in [-0.3, -0.25) is 15.1 Å². The van der Waals surface area contributed by atoms with E-state index in [1.54, 1.807) is 35.9 Å². The van der Waals surface area contributed by atoms with Crippen molar-refractivity contribution in [3.8, 4) is 22.8 Å². The van der Waals surface area contributed by atoms with Crippen LogP contribution in [-0.2, 0) is 0 Å². The van der Waals surface area contributed by atoms with E-state index in [1.165, 1.54) is 12.3 Å². The maximum absolute atomic E-state index is 14.8. The third-order valence-corrected chi connectivity index (χ3v) is 5.69. The summed E-state index contributed by atoms with van der Waals surface area (Å²) in [6, 6.07) is 7.10. The largest absolute Gasteiger partial charge is 0.336 e. The van der Waals surface area contributed by atoms with Gasteiger partial charge in [0.2, 0.25) is 0 Å². The molecule has 2 N–H and O–H groups in total. The van der Waals surface area contributed by atoms with Gasteiger partial charge in [0, 0.05) is 46.6 Å². The average Bonchev–Trinajstić information content (AvgIpc) is 3.52. The molecule has 0 aliphatic carbocycles. The van der Waals surface area contributed by atoms with E-state index in [1.807, 2.05) is 29.8 Å². The third kappa shape index (κ3) is 3.27. The first kappa shape index (κ1) is 19.1. The van der Waals surface area contributed by atoms with Crippen LogP contribution >= 0.6 is 11.3 Å². The van der Waals surface area contributed by atoms with Crippen LogP contribution in [0.2, 0.25) is 0 Å². The number of benzene rings is 1. The molecular weight excluding hydrogens is 411 g/mol. The van der Waals surface area contributed by atoms with E-state index in [-0.39, 0.29) is 5.82 Å². The van der Waals surface area contributed by atoms with Gasteiger partial charge in [0.25, 0.3) is 0 Å². The lowest BCUT2D eigenvalue weighted by molar-refractivity contribution is 0.626. The average molecular weight is 428 g/mol. The fourth-order valence-corrected chi connectivity index (χ4v) is 4.17. The molecule has 31 heavy (non-hydrogen) atoms. The molecule has 0 aliphatic heterocycles. The molecular formula is C23H17FN6S. The van der Waals surface area contributed by atoms with E-state index in [9.17, 15) is 4.39 Å². The summed E-state index contributed by atoms with van der Waals surface area (Å²) in [7, 11) is 0. The van der Waals surface area contributed by atoms with Gasteiger partial charge >= 0.3 is 0 Å². The maximum Gasteiger partial charge on any atom is 0.159 e. The molecule has 0 spiro atoms. The quantitative estimate of drug-likeness (QED) is 0.338. The molecule has 0 aliphatic rings. The minimum absolute atomic E-state index is 0.361. The molecule has 5 aromatic rings. The van der Waals surface area contributed by atoms with Gasteiger partial charge in [0.05, 0.1) is 16.7 Å². The topological polar surface area (TPSA) is 82.6 Å². The van der Waals surface area contributed by atoms with Crippen LogP contribution < -0.4 is 0 Å². The van der Waals surface area contributed by atoms with Crippen LogP contribution in [0.1, 0.15) is 12.5 Å². The number of pyridine rings is 1. The minimum Gasteiger partial charge on any atom is -0.336 e. The summed E-state index contributed by atoms with van der Waals surface area (Å²) in [4.78, 5) is 16.6. The van der Waals surface area contributed by atoms with Crippen molar-refractivity contribution in [1.29, 1.82) is 0 Å². The van der Waals surface area contributed by atoms with Crippen molar-refractivity contribution < 1.29 is 4.39 Å². The first-order valence-electron chi connectivity index (χ1n) is 9.55. The molecule has 0 radical (unpaired) electrons. The second-order valence-corrected chi connectivity index (χ2v) is 7.59. The van der Waals surface area contributed by atoms with Crippen LogP contribution in [0.3, 0.4) is 0 Å². The first-order chi connectivity index (χ1) is 15.2. The Morgan fingerprint density at radius 3 is 2.90 bits per heavy atom. The van der Waals surface area contributed by atoms with Crippen molar-refractivity contribution in [2.75, 3.05) is 0 Å². The molecule has 0 saturated carbocycles. The molecule has 0 fully saturated rings. The fraction of sp³-hybridized carbons (Fsp3) is 0.0435. The summed E-state index contributed by atoms with van der Waals surface area (Å²) in [5.74, 6) is 0.227. The summed E-state index contributed by atoms with van der Waals surface area (Å²) >= 11 is 1.61. The monoisotopic (exact) mass is 428 g/mol. The number of hydrogen-bond acceptors (Lipinski definition) is 5. The van der Waals surface area contributed by atoms with Gasteiger partial charge in [-0.05, 0) is 36.1 Å². The number of allylic oxidation sites excluding steroid dienone is 2. The lowest BCUT2D eigenvalue weighted by atomic mass is 10.0. The number of nitrogens with one attached hydrogen (secondary N) is 2. The molecule has 0 amide bonds. The molecule has 6 nitrogen and oxygen atoms in total. The highest BCUT2D eigenvalue weighted by Crippen LogP contribution is 2.32. The summed E-state index contributed by atoms with van der Waals surface area (Å²) in [5.41, 5.74) is 5.73. The normalized spacial score (nSPS) is 12.4. The highest BCUT2D eigenvalue weighted by Gasteiger charge is 2.18. The van der Waals surface area contributed by atoms with E-state index in [0.717, 1.165) is 27.7 Å². The lowest BCUT2D eigenvalue weighted by Gasteiger charge is -2.04. The Bertz CT molecular complexity index is 1470. The van der Waals surface area contributed by atoms with E-state index >= 15 is 0 Å². The summed E-state index contributed by atoms with van der Waals surface area (Å²) in [5, 5.41) is 12.1. The fourth-order valence-electron chi connectivity index (χ4n) is 3.53. The highest BCUT2D eigenvalue weighted by atomic mass is 32.1. The third-order valence-electron chi connectivity index (χ3n) is 5.01. The number of imidazole rings is 1. The molecule has 0 saturated heterocycles. The number of aliphatic imine (C=N–C) groups is 1. The zero-order valence-electron chi connectivity index (χ0n) is 16.6. The Morgan fingerprint density at radius 2 is 2.13 bits per heavy atom. The summed E-state index contributed by atoms with van der Waals surface area (Å²) in [6.07, 6.45) is 6.55. The molecule has 8 heteroatoms. The number of thiophene rings is 1. The van der Waals surface area contributed by atoms with Crippen molar-refractivity contribution in [3.05, 3.63) is 71.5 Å². The second-order valence-electron chi connectivity index (χ2n) is 6.81. The van der Waals surface area contributed by atoms with Crippen molar-refractivity contribution >= 4 is 45.1 Å². The number of rotatable bonds is 5. The second kappa shape index (κ2) is 7.73. The molecule has 152 valence electrons. The number of aromatic nitrogens is 5. The molecule has 0 unspecified atom stereocenters. The van der Waals surface area contributed by atoms with Crippen molar-refractivity contribution in [1.82, 2.24) is 25.1 Å². The van der Waals surface area contributed by atoms with Crippen molar-refractivity contribution in [2.45, 2.75) is 6.92 Å². The summed E-state index contributed by atoms with van der Waals surface area (Å²) < 4.78 is 14.8. The van der Waals surface area contributed by atoms with Gasteiger partial charge in [-0.2, -0.15) is 16.4 Å². The molecule has 0 bridgehead atoms. The van der Waals surface area contributed by atoms with Gasteiger partial charge in [-0.1, -0.05) is 12.7 Å². The predicted octanol–water partition coefficient (Wildman–Crippen LogP) is 5.99. The standard InChI is InChI=1S/C23H17FN6S/c1-3-13(11-25-4-2)15-9-16-19(10-17(15)24)29-30-21(16)23-27-18-5-7-26-20(22(18)28-23)14-6-8-31-12-14/h3-12H,2H2,1H3,(H,27,28)(H,29,30)/b13-3+,25-11?. The number of aromatic amines is 2. The summed E-state index contributed by atoms with van der Waals surface area (Å²) in [6.45, 7) is 5.41. The molecule has 4 heterocycles. The molecule has 1 aromatic carbocycles. The van der Waals surface area contributed by atoms with Crippen LogP contribution in [0.15, 0.2) is 65.1 Å². The highest BCUT2D eigenvalue weighted by molar-refractivity contribution is 7.08. The van der Waals surface area contributed by atoms with Gasteiger partial charge in [-0.15, -0.1) is 0 Å². The lowest BCUT2D eigenvalue weighted by Crippen LogP contribution is -1.92. The predicted molar refractivity (Wildman–Crippen MR) is 125 cm³/mol. The van der Waals surface area contributed by atoms with Gasteiger partial charge in [-0.25, -0.2) is 9.37 Å². The Morgan fingerprint density at radius 1 is 1.23 bits per heavy atom. The van der Waals surface area contributed by atoms with E-state index < -0.39 is 0 Å². The van der Waals surface area contributed by atoms with Crippen LogP contribution in [0.5, 0.6) is 0 Å². The Kier molecular flexibility index (Phi) is 4.76. The number of nitrogens with zero attached hydrogens (tertiary/aromatic N) is 4. The van der Waals surface area contributed by atoms with Gasteiger partial charge < -0.3 is 4.98 Å². The van der Waals surface area contributed by atoms with E-state index in [0.29, 0.717) is 28.2 Å². The molecule has 0 atom stereocenters. The van der Waals surface area contributed by atoms with Crippen LogP contribution in [0, 0.1) is 5.82 Å². The van der Waals surface area contributed by atoms with Crippen LogP contribution in [-0.4, -0.2) is 31.4 Å². The minimum atomic E-state index is -0.361. The smallest absolute Gasteiger partial charge is 0.159 e. The first-order valence-corrected chi connectivity index (χ1v) is 10.5. The number of halogens is 1. The van der Waals surface area contributed by atoms with Crippen LogP contribution in [0.4, 0.5) is 4.39 Å². The van der Waals surface area contributed by atoms with Gasteiger partial charge in [0.1, 0.15) is 17.0 Å². The Labute approximate surface area is 180 Å². The zero-order valence-corrected chi connectivity index (χ0v) is 17.4.